The molecule has 0 saturated carbocycles. The van der Waals surface area contributed by atoms with E-state index in [1.807, 2.05) is 36.7 Å². The van der Waals surface area contributed by atoms with Gasteiger partial charge in [0.1, 0.15) is 12.4 Å². The van der Waals surface area contributed by atoms with E-state index in [1.54, 1.807) is 11.3 Å². The number of rotatable bonds is 5. The predicted octanol–water partition coefficient (Wildman–Crippen LogP) is 3.31. The van der Waals surface area contributed by atoms with Crippen LogP contribution in [0, 0.1) is 6.92 Å². The van der Waals surface area contributed by atoms with Gasteiger partial charge in [-0.15, -0.1) is 21.5 Å². The molecule has 1 aliphatic rings. The van der Waals surface area contributed by atoms with Gasteiger partial charge in [0, 0.05) is 48.8 Å². The minimum absolute atomic E-state index is 0.499. The van der Waals surface area contributed by atoms with Crippen molar-refractivity contribution in [3.05, 3.63) is 63.3 Å². The van der Waals surface area contributed by atoms with E-state index < -0.39 is 0 Å². The Morgan fingerprint density at radius 3 is 2.67 bits per heavy atom. The number of aryl methyl sites for hydroxylation is 1. The number of piperazine rings is 1. The van der Waals surface area contributed by atoms with Crippen molar-refractivity contribution in [2.45, 2.75) is 20.0 Å². The molecule has 1 aliphatic heterocycles. The average molecular weight is 444 g/mol. The molecule has 30 heavy (non-hydrogen) atoms. The van der Waals surface area contributed by atoms with Crippen molar-refractivity contribution >= 4 is 34.6 Å². The molecule has 3 aromatic rings. The summed E-state index contributed by atoms with van der Waals surface area (Å²) in [6.45, 7) is 6.83. The lowest BCUT2D eigenvalue weighted by Gasteiger charge is -2.37. The maximum absolute atomic E-state index is 6.17. The van der Waals surface area contributed by atoms with Crippen LogP contribution in [0.15, 0.2) is 46.8 Å². The Morgan fingerprint density at radius 1 is 1.17 bits per heavy atom. The van der Waals surface area contributed by atoms with E-state index in [0.717, 1.165) is 55.4 Å². The lowest BCUT2D eigenvalue weighted by atomic mass is 10.2. The standard InChI is InChI=1S/C21H26ClN7S/c1-16-25-26-20(27(16)2)15-24-21(23-14-19-7-4-12-30-19)29-10-8-28(9-11-29)18-6-3-5-17(22)13-18/h3-7,12-13H,8-11,14-15H2,1-2H3,(H,23,24). The van der Waals surface area contributed by atoms with Crippen LogP contribution < -0.4 is 10.2 Å². The fourth-order valence-electron chi connectivity index (χ4n) is 3.43. The first kappa shape index (κ1) is 20.7. The second-order valence-electron chi connectivity index (χ2n) is 7.25. The van der Waals surface area contributed by atoms with E-state index in [9.17, 15) is 0 Å². The van der Waals surface area contributed by atoms with Crippen molar-refractivity contribution in [2.75, 3.05) is 31.1 Å². The molecule has 158 valence electrons. The molecule has 7 nitrogen and oxygen atoms in total. The van der Waals surface area contributed by atoms with Gasteiger partial charge in [-0.2, -0.15) is 0 Å². The fourth-order valence-corrected chi connectivity index (χ4v) is 4.26. The van der Waals surface area contributed by atoms with Gasteiger partial charge in [-0.05, 0) is 36.6 Å². The number of benzene rings is 1. The van der Waals surface area contributed by atoms with Crippen LogP contribution in [0.5, 0.6) is 0 Å². The number of hydrogen-bond acceptors (Lipinski definition) is 5. The van der Waals surface area contributed by atoms with Crippen molar-refractivity contribution in [3.63, 3.8) is 0 Å². The summed E-state index contributed by atoms with van der Waals surface area (Å²) in [5.74, 6) is 2.67. The van der Waals surface area contributed by atoms with E-state index >= 15 is 0 Å². The van der Waals surface area contributed by atoms with E-state index in [0.29, 0.717) is 6.54 Å². The molecule has 3 heterocycles. The first-order chi connectivity index (χ1) is 14.6. The quantitative estimate of drug-likeness (QED) is 0.484. The summed E-state index contributed by atoms with van der Waals surface area (Å²) in [7, 11) is 1.97. The highest BCUT2D eigenvalue weighted by molar-refractivity contribution is 7.09. The molecule has 4 rings (SSSR count). The zero-order chi connectivity index (χ0) is 20.9. The third kappa shape index (κ3) is 4.94. The minimum atomic E-state index is 0.499. The topological polar surface area (TPSA) is 61.6 Å². The summed E-state index contributed by atoms with van der Waals surface area (Å²) in [6.07, 6.45) is 0. The van der Waals surface area contributed by atoms with E-state index in [-0.39, 0.29) is 0 Å². The van der Waals surface area contributed by atoms with Gasteiger partial charge < -0.3 is 19.7 Å². The normalized spacial score (nSPS) is 15.0. The summed E-state index contributed by atoms with van der Waals surface area (Å²) >= 11 is 7.92. The van der Waals surface area contributed by atoms with Gasteiger partial charge in [-0.3, -0.25) is 0 Å². The lowest BCUT2D eigenvalue weighted by molar-refractivity contribution is 0.371. The van der Waals surface area contributed by atoms with E-state index in [4.69, 9.17) is 16.6 Å². The molecule has 0 unspecified atom stereocenters. The molecule has 1 aromatic carbocycles. The number of anilines is 1. The van der Waals surface area contributed by atoms with Gasteiger partial charge in [-0.25, -0.2) is 4.99 Å². The number of guanidine groups is 1. The predicted molar refractivity (Wildman–Crippen MR) is 123 cm³/mol. The lowest BCUT2D eigenvalue weighted by Crippen LogP contribution is -2.52. The molecule has 0 atom stereocenters. The summed E-state index contributed by atoms with van der Waals surface area (Å²) in [5, 5.41) is 14.8. The van der Waals surface area contributed by atoms with Crippen LogP contribution in [-0.4, -0.2) is 51.8 Å². The molecule has 1 saturated heterocycles. The molecule has 0 aliphatic carbocycles. The maximum Gasteiger partial charge on any atom is 0.194 e. The number of nitrogens with one attached hydrogen (secondary N) is 1. The molecule has 9 heteroatoms. The Hall–Kier alpha value is -2.58. The number of hydrogen-bond donors (Lipinski definition) is 1. The molecule has 0 bridgehead atoms. The van der Waals surface area contributed by atoms with Crippen LogP contribution in [-0.2, 0) is 20.1 Å². The first-order valence-electron chi connectivity index (χ1n) is 10.0. The number of halogens is 1. The number of aliphatic imine (C=N–C) groups is 1. The maximum atomic E-state index is 6.17. The molecule has 0 amide bonds. The Balaban J connectivity index is 1.45. The second kappa shape index (κ2) is 9.49. The monoisotopic (exact) mass is 443 g/mol. The van der Waals surface area contributed by atoms with Crippen LogP contribution in [0.25, 0.3) is 0 Å². The van der Waals surface area contributed by atoms with Gasteiger partial charge in [0.15, 0.2) is 11.8 Å². The summed E-state index contributed by atoms with van der Waals surface area (Å²) in [4.78, 5) is 10.8. The SMILES string of the molecule is Cc1nnc(CN=C(NCc2cccs2)N2CCN(c3cccc(Cl)c3)CC2)n1C. The summed E-state index contributed by atoms with van der Waals surface area (Å²) in [5.41, 5.74) is 1.17. The smallest absolute Gasteiger partial charge is 0.194 e. The Kier molecular flexibility index (Phi) is 6.54. The number of aromatic nitrogens is 3. The zero-order valence-corrected chi connectivity index (χ0v) is 18.8. The van der Waals surface area contributed by atoms with Gasteiger partial charge in [0.2, 0.25) is 0 Å². The van der Waals surface area contributed by atoms with Crippen molar-refractivity contribution in [3.8, 4) is 0 Å². The number of nitrogens with zero attached hydrogens (tertiary/aromatic N) is 6. The molecule has 0 radical (unpaired) electrons. The van der Waals surface area contributed by atoms with Gasteiger partial charge >= 0.3 is 0 Å². The van der Waals surface area contributed by atoms with E-state index in [1.165, 1.54) is 10.6 Å². The van der Waals surface area contributed by atoms with Crippen LogP contribution in [0.3, 0.4) is 0 Å². The van der Waals surface area contributed by atoms with Crippen LogP contribution >= 0.6 is 22.9 Å². The van der Waals surface area contributed by atoms with Gasteiger partial charge in [0.05, 0.1) is 6.54 Å². The third-order valence-corrected chi connectivity index (χ3v) is 6.42. The molecule has 1 N–H and O–H groups in total. The van der Waals surface area contributed by atoms with Crippen LogP contribution in [0.2, 0.25) is 5.02 Å². The largest absolute Gasteiger partial charge is 0.368 e. The highest BCUT2D eigenvalue weighted by atomic mass is 35.5. The Bertz CT molecular complexity index is 991. The van der Waals surface area contributed by atoms with Crippen molar-refractivity contribution in [1.29, 1.82) is 0 Å². The van der Waals surface area contributed by atoms with E-state index in [2.05, 4.69) is 48.9 Å². The van der Waals surface area contributed by atoms with Crippen molar-refractivity contribution in [2.24, 2.45) is 12.0 Å². The number of thiophene rings is 1. The third-order valence-electron chi connectivity index (χ3n) is 5.31. The molecular weight excluding hydrogens is 418 g/mol. The highest BCUT2D eigenvalue weighted by Crippen LogP contribution is 2.21. The van der Waals surface area contributed by atoms with Crippen LogP contribution in [0.1, 0.15) is 16.5 Å². The first-order valence-corrected chi connectivity index (χ1v) is 11.3. The fraction of sp³-hybridized carbons (Fsp3) is 0.381. The average Bonchev–Trinajstić information content (AvgIpc) is 3.39. The zero-order valence-electron chi connectivity index (χ0n) is 17.3. The molecular formula is C21H26ClN7S. The van der Waals surface area contributed by atoms with Gasteiger partial charge in [-0.1, -0.05) is 23.7 Å². The van der Waals surface area contributed by atoms with Crippen molar-refractivity contribution in [1.82, 2.24) is 25.0 Å². The highest BCUT2D eigenvalue weighted by Gasteiger charge is 2.20. The minimum Gasteiger partial charge on any atom is -0.368 e. The molecule has 0 spiro atoms. The van der Waals surface area contributed by atoms with Crippen molar-refractivity contribution < 1.29 is 0 Å². The summed E-state index contributed by atoms with van der Waals surface area (Å²) < 4.78 is 1.98. The van der Waals surface area contributed by atoms with Gasteiger partial charge in [0.25, 0.3) is 0 Å². The van der Waals surface area contributed by atoms with Crippen LogP contribution in [0.4, 0.5) is 5.69 Å². The molecule has 1 fully saturated rings. The Labute approximate surface area is 186 Å². The summed E-state index contributed by atoms with van der Waals surface area (Å²) in [6, 6.07) is 12.3. The Morgan fingerprint density at radius 2 is 2.00 bits per heavy atom. The molecule has 2 aromatic heterocycles. The second-order valence-corrected chi connectivity index (χ2v) is 8.72.